The molecule has 0 aromatic carbocycles. The van der Waals surface area contributed by atoms with Gasteiger partial charge < -0.3 is 38.0 Å². The van der Waals surface area contributed by atoms with Gasteiger partial charge in [-0.1, -0.05) is 13.2 Å². The average molecular weight is 506 g/mol. The Hall–Kier alpha value is -4.16. The lowest BCUT2D eigenvalue weighted by atomic mass is 10.3. The minimum Gasteiger partial charge on any atom is -0.459 e. The smallest absolute Gasteiger partial charge is 0.374 e. The number of aliphatic hydroxyl groups excluding tert-OH is 2. The summed E-state index contributed by atoms with van der Waals surface area (Å²) in [6.45, 7) is 8.04. The second-order valence-corrected chi connectivity index (χ2v) is 7.59. The summed E-state index contributed by atoms with van der Waals surface area (Å²) < 4.78 is 30.1. The molecule has 194 valence electrons. The molecular weight excluding hydrogens is 480 g/mol. The van der Waals surface area contributed by atoms with Gasteiger partial charge in [-0.3, -0.25) is 0 Å². The first kappa shape index (κ1) is 28.1. The highest BCUT2D eigenvalue weighted by molar-refractivity contribution is 5.88. The maximum Gasteiger partial charge on any atom is 0.374 e. The fourth-order valence-electron chi connectivity index (χ4n) is 2.33. The third-order valence-electron chi connectivity index (χ3n) is 4.18. The van der Waals surface area contributed by atoms with E-state index in [1.54, 1.807) is 0 Å². The zero-order valence-corrected chi connectivity index (χ0v) is 19.7. The van der Waals surface area contributed by atoms with E-state index in [1.165, 1.54) is 38.1 Å². The third kappa shape index (κ3) is 8.56. The second-order valence-electron chi connectivity index (χ2n) is 7.59. The Morgan fingerprint density at radius 2 is 1.03 bits per heavy atom. The Morgan fingerprint density at radius 1 is 0.694 bits per heavy atom. The predicted octanol–water partition coefficient (Wildman–Crippen LogP) is 1.81. The fraction of sp³-hybridized carbons (Fsp3) is 0.333. The molecule has 2 heterocycles. The number of aliphatic hydroxyl groups is 2. The lowest BCUT2D eigenvalue weighted by Crippen LogP contribution is -2.25. The van der Waals surface area contributed by atoms with Crippen LogP contribution >= 0.6 is 0 Å². The Labute approximate surface area is 205 Å². The molecule has 0 saturated heterocycles. The molecule has 2 unspecified atom stereocenters. The second kappa shape index (κ2) is 13.1. The maximum atomic E-state index is 12.1. The topological polar surface area (TPSA) is 172 Å². The van der Waals surface area contributed by atoms with Gasteiger partial charge in [-0.25, -0.2) is 19.2 Å². The number of esters is 4. The van der Waals surface area contributed by atoms with Crippen LogP contribution in [0.4, 0.5) is 0 Å². The quantitative estimate of drug-likeness (QED) is 0.230. The first-order chi connectivity index (χ1) is 17.0. The lowest BCUT2D eigenvalue weighted by Gasteiger charge is -2.11. The molecule has 0 aliphatic carbocycles. The Morgan fingerprint density at radius 3 is 1.36 bits per heavy atom. The summed E-state index contributed by atoms with van der Waals surface area (Å²) in [5.74, 6) is -3.35. The molecular formula is C24H26O12. The highest BCUT2D eigenvalue weighted by Gasteiger charge is 2.20. The van der Waals surface area contributed by atoms with Crippen LogP contribution in [0.1, 0.15) is 35.0 Å². The number of ether oxygens (including phenoxy) is 4. The van der Waals surface area contributed by atoms with Crippen molar-refractivity contribution in [2.75, 3.05) is 26.4 Å². The van der Waals surface area contributed by atoms with E-state index in [4.69, 9.17) is 27.8 Å². The van der Waals surface area contributed by atoms with Crippen LogP contribution in [0.25, 0.3) is 11.5 Å². The van der Waals surface area contributed by atoms with Crippen molar-refractivity contribution in [1.29, 1.82) is 0 Å². The highest BCUT2D eigenvalue weighted by Crippen LogP contribution is 2.25. The normalized spacial score (nSPS) is 12.2. The maximum absolute atomic E-state index is 12.1. The third-order valence-corrected chi connectivity index (χ3v) is 4.18. The first-order valence-corrected chi connectivity index (χ1v) is 10.5. The van der Waals surface area contributed by atoms with Gasteiger partial charge in [-0.2, -0.15) is 0 Å². The number of carbonyl (C=O) groups is 4. The first-order valence-electron chi connectivity index (χ1n) is 10.5. The molecule has 0 bridgehead atoms. The van der Waals surface area contributed by atoms with Crippen LogP contribution in [0.15, 0.2) is 57.4 Å². The summed E-state index contributed by atoms with van der Waals surface area (Å²) in [6.07, 6.45) is -2.50. The van der Waals surface area contributed by atoms with Crippen molar-refractivity contribution in [1.82, 2.24) is 0 Å². The van der Waals surface area contributed by atoms with Gasteiger partial charge in [0.05, 0.1) is 0 Å². The average Bonchev–Trinajstić information content (AvgIpc) is 3.52. The number of rotatable bonds is 13. The van der Waals surface area contributed by atoms with Crippen LogP contribution in [0, 0.1) is 0 Å². The van der Waals surface area contributed by atoms with Crippen molar-refractivity contribution in [2.45, 2.75) is 26.1 Å². The van der Waals surface area contributed by atoms with Gasteiger partial charge in [0.15, 0.2) is 11.5 Å². The summed E-state index contributed by atoms with van der Waals surface area (Å²) in [4.78, 5) is 46.8. The number of furan rings is 2. The SMILES string of the molecule is C=C(C)C(=O)OCC(O)COC(=O)c1ccc(-c2ccc(C(=O)OCC(O)COC(=O)C(=C)C)o2)o1. The van der Waals surface area contributed by atoms with Crippen LogP contribution in [-0.2, 0) is 28.5 Å². The van der Waals surface area contributed by atoms with E-state index in [1.807, 2.05) is 0 Å². The zero-order chi connectivity index (χ0) is 26.8. The molecule has 0 spiro atoms. The molecule has 0 fully saturated rings. The molecule has 0 amide bonds. The molecule has 2 atom stereocenters. The van der Waals surface area contributed by atoms with Crippen LogP contribution in [0.5, 0.6) is 0 Å². The van der Waals surface area contributed by atoms with Gasteiger partial charge in [0.2, 0.25) is 11.5 Å². The van der Waals surface area contributed by atoms with Gasteiger partial charge in [0, 0.05) is 11.1 Å². The molecule has 0 aliphatic rings. The van der Waals surface area contributed by atoms with Crippen LogP contribution in [0.3, 0.4) is 0 Å². The van der Waals surface area contributed by atoms with Gasteiger partial charge in [-0.05, 0) is 38.1 Å². The summed E-state index contributed by atoms with van der Waals surface area (Å²) >= 11 is 0. The predicted molar refractivity (Wildman–Crippen MR) is 121 cm³/mol. The summed E-state index contributed by atoms with van der Waals surface area (Å²) in [5.41, 5.74) is 0.326. The zero-order valence-electron chi connectivity index (χ0n) is 19.7. The largest absolute Gasteiger partial charge is 0.459 e. The molecule has 2 aromatic heterocycles. The van der Waals surface area contributed by atoms with Gasteiger partial charge in [0.1, 0.15) is 38.6 Å². The van der Waals surface area contributed by atoms with E-state index >= 15 is 0 Å². The van der Waals surface area contributed by atoms with Gasteiger partial charge in [0.25, 0.3) is 0 Å². The molecule has 0 saturated carbocycles. The van der Waals surface area contributed by atoms with Crippen molar-refractivity contribution < 1.29 is 57.2 Å². The summed E-state index contributed by atoms with van der Waals surface area (Å²) in [5, 5.41) is 19.5. The van der Waals surface area contributed by atoms with E-state index in [0.717, 1.165) is 0 Å². The van der Waals surface area contributed by atoms with E-state index < -0.39 is 49.3 Å². The van der Waals surface area contributed by atoms with Crippen molar-refractivity contribution in [3.63, 3.8) is 0 Å². The van der Waals surface area contributed by atoms with Crippen molar-refractivity contribution in [3.8, 4) is 11.5 Å². The van der Waals surface area contributed by atoms with E-state index in [9.17, 15) is 29.4 Å². The van der Waals surface area contributed by atoms with Crippen LogP contribution < -0.4 is 0 Å². The molecule has 12 nitrogen and oxygen atoms in total. The van der Waals surface area contributed by atoms with Crippen molar-refractivity contribution in [2.24, 2.45) is 0 Å². The van der Waals surface area contributed by atoms with E-state index in [-0.39, 0.29) is 47.4 Å². The molecule has 0 radical (unpaired) electrons. The Balaban J connectivity index is 1.83. The minimum atomic E-state index is -1.25. The van der Waals surface area contributed by atoms with E-state index in [0.29, 0.717) is 0 Å². The lowest BCUT2D eigenvalue weighted by molar-refractivity contribution is -0.143. The minimum absolute atomic E-state index is 0.101. The number of hydrogen-bond acceptors (Lipinski definition) is 12. The van der Waals surface area contributed by atoms with Crippen LogP contribution in [0.2, 0.25) is 0 Å². The monoisotopic (exact) mass is 506 g/mol. The standard InChI is InChI=1S/C24H26O12/c1-13(2)21(27)31-9-15(25)11-33-23(29)19-7-5-17(35-19)18-6-8-20(36-18)24(30)34-12-16(26)10-32-22(28)14(3)4/h5-8,15-16,25-26H,1,3,9-12H2,2,4H3. The van der Waals surface area contributed by atoms with E-state index in [2.05, 4.69) is 13.2 Å². The van der Waals surface area contributed by atoms with Crippen LogP contribution in [-0.4, -0.2) is 72.7 Å². The van der Waals surface area contributed by atoms with Crippen molar-refractivity contribution >= 4 is 23.9 Å². The molecule has 0 aliphatic heterocycles. The molecule has 2 rings (SSSR count). The highest BCUT2D eigenvalue weighted by atomic mass is 16.6. The summed E-state index contributed by atoms with van der Waals surface area (Å²) in [7, 11) is 0. The fourth-order valence-corrected chi connectivity index (χ4v) is 2.33. The Kier molecular flexibility index (Phi) is 10.2. The molecule has 2 N–H and O–H groups in total. The molecule has 12 heteroatoms. The molecule has 2 aromatic rings. The molecule has 36 heavy (non-hydrogen) atoms. The van der Waals surface area contributed by atoms with Gasteiger partial charge >= 0.3 is 23.9 Å². The number of hydrogen-bond donors (Lipinski definition) is 2. The summed E-state index contributed by atoms with van der Waals surface area (Å²) in [6, 6.07) is 5.40. The Bertz CT molecular complexity index is 1030. The number of carbonyl (C=O) groups excluding carboxylic acids is 4. The van der Waals surface area contributed by atoms with Crippen molar-refractivity contribution in [3.05, 3.63) is 60.1 Å². The van der Waals surface area contributed by atoms with Gasteiger partial charge in [-0.15, -0.1) is 0 Å².